The molecule has 2 aromatic rings. The first-order valence-corrected chi connectivity index (χ1v) is 10.9. The van der Waals surface area contributed by atoms with E-state index in [-0.39, 0.29) is 29.7 Å². The standard InChI is InChI=1S/C19H16FN3O4S3/c1-11(24)23(14-6-3-2-5-13(14)20)18-21-12(10-29-18)9-15-17(27)22(19(28)30-15)8-4-7-16(25)26/h2-3,5-6,9-10H,4,7-8H2,1H3,(H,25,26). The number of aliphatic carboxylic acids is 1. The van der Waals surface area contributed by atoms with Crippen LogP contribution in [0.3, 0.4) is 0 Å². The molecule has 0 spiro atoms. The van der Waals surface area contributed by atoms with Crippen LogP contribution in [-0.2, 0) is 14.4 Å². The van der Waals surface area contributed by atoms with Crippen LogP contribution in [0.25, 0.3) is 6.08 Å². The van der Waals surface area contributed by atoms with Crippen LogP contribution in [0.1, 0.15) is 25.5 Å². The molecule has 0 radical (unpaired) electrons. The molecule has 1 saturated heterocycles. The first-order valence-electron chi connectivity index (χ1n) is 8.76. The fourth-order valence-corrected chi connectivity index (χ4v) is 4.83. The summed E-state index contributed by atoms with van der Waals surface area (Å²) in [5.74, 6) is -2.20. The molecule has 0 aliphatic carbocycles. The maximum atomic E-state index is 14.2. The lowest BCUT2D eigenvalue weighted by atomic mass is 10.3. The van der Waals surface area contributed by atoms with Gasteiger partial charge in [0.25, 0.3) is 5.91 Å². The maximum Gasteiger partial charge on any atom is 0.303 e. The number of hydrogen-bond donors (Lipinski definition) is 1. The summed E-state index contributed by atoms with van der Waals surface area (Å²) in [6, 6.07) is 5.90. The highest BCUT2D eigenvalue weighted by molar-refractivity contribution is 8.26. The third-order valence-corrected chi connectivity index (χ3v) is 6.26. The molecule has 1 aliphatic rings. The van der Waals surface area contributed by atoms with Crippen LogP contribution >= 0.6 is 35.3 Å². The largest absolute Gasteiger partial charge is 0.481 e. The Kier molecular flexibility index (Phi) is 6.95. The number of para-hydroxylation sites is 1. The Morgan fingerprint density at radius 2 is 2.10 bits per heavy atom. The Hall–Kier alpha value is -2.63. The highest BCUT2D eigenvalue weighted by Gasteiger charge is 2.32. The van der Waals surface area contributed by atoms with Crippen LogP contribution in [0.5, 0.6) is 0 Å². The molecule has 11 heteroatoms. The van der Waals surface area contributed by atoms with Crippen LogP contribution in [0, 0.1) is 5.82 Å². The number of thiocarbonyl (C=S) groups is 1. The molecular formula is C19H16FN3O4S3. The molecule has 0 atom stereocenters. The van der Waals surface area contributed by atoms with Gasteiger partial charge in [-0.15, -0.1) is 11.3 Å². The third-order valence-electron chi connectivity index (χ3n) is 4.03. The van der Waals surface area contributed by atoms with Gasteiger partial charge < -0.3 is 5.11 Å². The van der Waals surface area contributed by atoms with Gasteiger partial charge in [-0.3, -0.25) is 24.2 Å². The molecule has 1 fully saturated rings. The molecule has 7 nitrogen and oxygen atoms in total. The normalized spacial score (nSPS) is 15.1. The van der Waals surface area contributed by atoms with E-state index in [0.29, 0.717) is 21.3 Å². The van der Waals surface area contributed by atoms with Crippen molar-refractivity contribution in [3.05, 3.63) is 46.1 Å². The average molecular weight is 466 g/mol. The van der Waals surface area contributed by atoms with Gasteiger partial charge in [0.1, 0.15) is 10.1 Å². The molecule has 1 N–H and O–H groups in total. The minimum absolute atomic E-state index is 0.0531. The molecule has 3 rings (SSSR count). The molecule has 0 bridgehead atoms. The quantitative estimate of drug-likeness (QED) is 0.488. The van der Waals surface area contributed by atoms with E-state index in [9.17, 15) is 18.8 Å². The van der Waals surface area contributed by atoms with Crippen molar-refractivity contribution in [2.24, 2.45) is 0 Å². The summed E-state index contributed by atoms with van der Waals surface area (Å²) in [6.45, 7) is 1.54. The van der Waals surface area contributed by atoms with E-state index in [4.69, 9.17) is 17.3 Å². The van der Waals surface area contributed by atoms with E-state index in [2.05, 4.69) is 4.98 Å². The minimum Gasteiger partial charge on any atom is -0.481 e. The van der Waals surface area contributed by atoms with Crippen molar-refractivity contribution in [1.29, 1.82) is 0 Å². The predicted molar refractivity (Wildman–Crippen MR) is 118 cm³/mol. The first kappa shape index (κ1) is 22.1. The maximum absolute atomic E-state index is 14.2. The number of thioether (sulfide) groups is 1. The van der Waals surface area contributed by atoms with Crippen LogP contribution in [0.2, 0.25) is 0 Å². The summed E-state index contributed by atoms with van der Waals surface area (Å²) in [5.41, 5.74) is 0.527. The monoisotopic (exact) mass is 465 g/mol. The molecule has 2 amide bonds. The predicted octanol–water partition coefficient (Wildman–Crippen LogP) is 4.03. The summed E-state index contributed by atoms with van der Waals surface area (Å²) >= 11 is 7.46. The van der Waals surface area contributed by atoms with Gasteiger partial charge in [-0.05, 0) is 24.6 Å². The number of carbonyl (C=O) groups excluding carboxylic acids is 2. The van der Waals surface area contributed by atoms with Crippen molar-refractivity contribution in [3.63, 3.8) is 0 Å². The van der Waals surface area contributed by atoms with Gasteiger partial charge >= 0.3 is 5.97 Å². The Morgan fingerprint density at radius 1 is 1.37 bits per heavy atom. The molecule has 1 aromatic heterocycles. The smallest absolute Gasteiger partial charge is 0.303 e. The van der Waals surface area contributed by atoms with Crippen molar-refractivity contribution < 1.29 is 23.9 Å². The minimum atomic E-state index is -0.934. The summed E-state index contributed by atoms with van der Waals surface area (Å²) < 4.78 is 14.5. The molecule has 0 saturated carbocycles. The number of hydrogen-bond acceptors (Lipinski definition) is 7. The Bertz CT molecular complexity index is 1050. The van der Waals surface area contributed by atoms with E-state index in [1.54, 1.807) is 17.5 Å². The van der Waals surface area contributed by atoms with Gasteiger partial charge in [-0.2, -0.15) is 0 Å². The number of halogens is 1. The molecule has 0 unspecified atom stereocenters. The number of carboxylic acids is 1. The van der Waals surface area contributed by atoms with Gasteiger partial charge in [0.05, 0.1) is 16.3 Å². The number of benzene rings is 1. The second-order valence-electron chi connectivity index (χ2n) is 6.19. The molecule has 30 heavy (non-hydrogen) atoms. The summed E-state index contributed by atoms with van der Waals surface area (Å²) in [6.07, 6.45) is 1.80. The molecule has 156 valence electrons. The van der Waals surface area contributed by atoms with E-state index in [1.165, 1.54) is 34.9 Å². The molecule has 2 heterocycles. The summed E-state index contributed by atoms with van der Waals surface area (Å²) in [4.78, 5) is 42.6. The average Bonchev–Trinajstić information content (AvgIpc) is 3.23. The van der Waals surface area contributed by atoms with E-state index >= 15 is 0 Å². The lowest BCUT2D eigenvalue weighted by molar-refractivity contribution is -0.137. The fourth-order valence-electron chi connectivity index (χ4n) is 2.70. The number of carboxylic acid groups (broad SMARTS) is 1. The number of thiazole rings is 1. The number of nitrogens with zero attached hydrogens (tertiary/aromatic N) is 3. The second-order valence-corrected chi connectivity index (χ2v) is 8.70. The van der Waals surface area contributed by atoms with Crippen LogP contribution in [0.15, 0.2) is 34.6 Å². The zero-order chi connectivity index (χ0) is 21.8. The fraction of sp³-hybridized carbons (Fsp3) is 0.211. The zero-order valence-electron chi connectivity index (χ0n) is 15.7. The number of carbonyl (C=O) groups is 3. The van der Waals surface area contributed by atoms with E-state index < -0.39 is 17.7 Å². The van der Waals surface area contributed by atoms with Crippen molar-refractivity contribution in [2.75, 3.05) is 11.4 Å². The van der Waals surface area contributed by atoms with Crippen molar-refractivity contribution in [2.45, 2.75) is 19.8 Å². The molecular weight excluding hydrogens is 449 g/mol. The lowest BCUT2D eigenvalue weighted by Gasteiger charge is -2.18. The van der Waals surface area contributed by atoms with Gasteiger partial charge in [0, 0.05) is 25.3 Å². The number of aromatic nitrogens is 1. The second kappa shape index (κ2) is 9.45. The third kappa shape index (κ3) is 4.91. The number of anilines is 2. The van der Waals surface area contributed by atoms with Crippen molar-refractivity contribution in [1.82, 2.24) is 9.88 Å². The highest BCUT2D eigenvalue weighted by atomic mass is 32.2. The number of rotatable bonds is 7. The van der Waals surface area contributed by atoms with E-state index in [1.807, 2.05) is 0 Å². The van der Waals surface area contributed by atoms with E-state index in [0.717, 1.165) is 23.1 Å². The Morgan fingerprint density at radius 3 is 2.77 bits per heavy atom. The topological polar surface area (TPSA) is 90.8 Å². The van der Waals surface area contributed by atoms with Crippen LogP contribution in [0.4, 0.5) is 15.2 Å². The van der Waals surface area contributed by atoms with Crippen LogP contribution in [-0.4, -0.2) is 43.6 Å². The van der Waals surface area contributed by atoms with Gasteiger partial charge in [0.15, 0.2) is 5.13 Å². The van der Waals surface area contributed by atoms with Gasteiger partial charge in [-0.1, -0.05) is 36.1 Å². The summed E-state index contributed by atoms with van der Waals surface area (Å²) in [5, 5.41) is 10.7. The van der Waals surface area contributed by atoms with Crippen molar-refractivity contribution >= 4 is 74.3 Å². The molecule has 1 aromatic carbocycles. The highest BCUT2D eigenvalue weighted by Crippen LogP contribution is 2.35. The van der Waals surface area contributed by atoms with Crippen LogP contribution < -0.4 is 4.90 Å². The first-order chi connectivity index (χ1) is 14.3. The lowest BCUT2D eigenvalue weighted by Crippen LogP contribution is -2.29. The zero-order valence-corrected chi connectivity index (χ0v) is 18.2. The Labute approximate surface area is 185 Å². The van der Waals surface area contributed by atoms with Gasteiger partial charge in [0.2, 0.25) is 5.91 Å². The van der Waals surface area contributed by atoms with Crippen molar-refractivity contribution in [3.8, 4) is 0 Å². The SMILES string of the molecule is CC(=O)N(c1nc(C=C2SC(=S)N(CCCC(=O)O)C2=O)cs1)c1ccccc1F. The summed E-state index contributed by atoms with van der Waals surface area (Å²) in [7, 11) is 0. The Balaban J connectivity index is 1.80. The van der Waals surface area contributed by atoms with Gasteiger partial charge in [-0.25, -0.2) is 9.37 Å². The molecule has 1 aliphatic heterocycles. The number of amides is 2.